The largest absolute Gasteiger partial charge is 0.497 e. The van der Waals surface area contributed by atoms with Crippen LogP contribution in [0.25, 0.3) is 5.69 Å². The zero-order valence-electron chi connectivity index (χ0n) is 16.5. The van der Waals surface area contributed by atoms with Crippen molar-refractivity contribution in [1.82, 2.24) is 25.3 Å². The van der Waals surface area contributed by atoms with E-state index in [0.717, 1.165) is 49.6 Å². The lowest BCUT2D eigenvalue weighted by Crippen LogP contribution is -2.44. The molecule has 0 saturated carbocycles. The Balaban J connectivity index is 1.57. The second kappa shape index (κ2) is 9.77. The maximum Gasteiger partial charge on any atom is 0.241 e. The summed E-state index contributed by atoms with van der Waals surface area (Å²) in [5.74, 6) is 1.55. The average Bonchev–Trinajstić information content (AvgIpc) is 3.42. The Hall–Kier alpha value is -3.03. The van der Waals surface area contributed by atoms with Crippen molar-refractivity contribution < 1.29 is 9.53 Å². The second-order valence-electron chi connectivity index (χ2n) is 6.59. The summed E-state index contributed by atoms with van der Waals surface area (Å²) in [6.07, 6.45) is 4.09. The number of likely N-dealkylation sites (tertiary alicyclic amines) is 1. The van der Waals surface area contributed by atoms with Gasteiger partial charge in [0.05, 0.1) is 31.6 Å². The number of guanidine groups is 1. The fourth-order valence-electron chi connectivity index (χ4n) is 3.06. The zero-order valence-corrected chi connectivity index (χ0v) is 16.5. The molecule has 0 aliphatic carbocycles. The number of ether oxygens (including phenoxy) is 1. The van der Waals surface area contributed by atoms with E-state index in [4.69, 9.17) is 4.74 Å². The molecule has 1 aromatic heterocycles. The lowest BCUT2D eigenvalue weighted by molar-refractivity contribution is -0.128. The molecule has 0 radical (unpaired) electrons. The standard InChI is InChI=1S/C20H28N6O2/c1-3-21-20(23-15-19(27)25-11-4-5-12-25)22-14-16-10-13-26(24-16)17-6-8-18(28-2)9-7-17/h6-10,13H,3-5,11-12,14-15H2,1-2H3,(H2,21,22,23). The van der Waals surface area contributed by atoms with Crippen LogP contribution < -0.4 is 15.4 Å². The van der Waals surface area contributed by atoms with Crippen molar-refractivity contribution in [3.05, 3.63) is 42.2 Å². The summed E-state index contributed by atoms with van der Waals surface area (Å²) < 4.78 is 6.99. The van der Waals surface area contributed by atoms with Gasteiger partial charge in [-0.1, -0.05) is 0 Å². The maximum absolute atomic E-state index is 12.2. The van der Waals surface area contributed by atoms with Gasteiger partial charge in [-0.15, -0.1) is 0 Å². The molecule has 28 heavy (non-hydrogen) atoms. The Kier molecular flexibility index (Phi) is 6.89. The number of benzene rings is 1. The highest BCUT2D eigenvalue weighted by Gasteiger charge is 2.17. The van der Waals surface area contributed by atoms with Crippen LogP contribution in [0.1, 0.15) is 25.5 Å². The van der Waals surface area contributed by atoms with Crippen LogP contribution in [0.2, 0.25) is 0 Å². The van der Waals surface area contributed by atoms with Gasteiger partial charge in [-0.25, -0.2) is 9.67 Å². The molecule has 8 heteroatoms. The normalized spacial score (nSPS) is 14.2. The molecule has 3 rings (SSSR count). The van der Waals surface area contributed by atoms with Crippen molar-refractivity contribution in [1.29, 1.82) is 0 Å². The van der Waals surface area contributed by atoms with Gasteiger partial charge >= 0.3 is 0 Å². The Morgan fingerprint density at radius 2 is 1.93 bits per heavy atom. The molecule has 150 valence electrons. The van der Waals surface area contributed by atoms with Crippen LogP contribution in [-0.4, -0.2) is 59.8 Å². The summed E-state index contributed by atoms with van der Waals surface area (Å²) in [6.45, 7) is 5.12. The van der Waals surface area contributed by atoms with Crippen molar-refractivity contribution in [2.45, 2.75) is 26.3 Å². The summed E-state index contributed by atoms with van der Waals surface area (Å²) in [4.78, 5) is 18.6. The summed E-state index contributed by atoms with van der Waals surface area (Å²) in [7, 11) is 1.65. The van der Waals surface area contributed by atoms with Gasteiger partial charge in [0, 0.05) is 25.8 Å². The molecule has 1 fully saturated rings. The Morgan fingerprint density at radius 1 is 1.18 bits per heavy atom. The molecule has 1 amide bonds. The number of nitrogens with zero attached hydrogens (tertiary/aromatic N) is 4. The smallest absolute Gasteiger partial charge is 0.241 e. The Morgan fingerprint density at radius 3 is 2.61 bits per heavy atom. The van der Waals surface area contributed by atoms with E-state index in [-0.39, 0.29) is 12.5 Å². The van der Waals surface area contributed by atoms with Gasteiger partial charge in [-0.2, -0.15) is 5.10 Å². The van der Waals surface area contributed by atoms with Crippen LogP contribution in [0, 0.1) is 0 Å². The van der Waals surface area contributed by atoms with Gasteiger partial charge in [0.1, 0.15) is 5.75 Å². The van der Waals surface area contributed by atoms with E-state index < -0.39 is 0 Å². The predicted octanol–water partition coefficient (Wildman–Crippen LogP) is 1.56. The lowest BCUT2D eigenvalue weighted by atomic mass is 10.3. The molecule has 0 unspecified atom stereocenters. The number of carbonyl (C=O) groups excluding carboxylic acids is 1. The van der Waals surface area contributed by atoms with Crippen LogP contribution in [0.15, 0.2) is 41.5 Å². The number of rotatable bonds is 7. The van der Waals surface area contributed by atoms with Gasteiger partial charge in [-0.05, 0) is 50.1 Å². The fourth-order valence-corrected chi connectivity index (χ4v) is 3.06. The minimum atomic E-state index is 0.117. The number of methoxy groups -OCH3 is 1. The van der Waals surface area contributed by atoms with Gasteiger partial charge in [0.15, 0.2) is 5.96 Å². The molecule has 0 spiro atoms. The monoisotopic (exact) mass is 384 g/mol. The number of aliphatic imine (C=N–C) groups is 1. The number of carbonyl (C=O) groups is 1. The molecule has 2 aromatic rings. The van der Waals surface area contributed by atoms with E-state index in [0.29, 0.717) is 12.5 Å². The summed E-state index contributed by atoms with van der Waals surface area (Å²) >= 11 is 0. The number of amides is 1. The number of hydrogen-bond acceptors (Lipinski definition) is 4. The van der Waals surface area contributed by atoms with E-state index in [1.807, 2.05) is 53.0 Å². The van der Waals surface area contributed by atoms with Gasteiger partial charge in [-0.3, -0.25) is 4.79 Å². The van der Waals surface area contributed by atoms with E-state index in [2.05, 4.69) is 20.7 Å². The molecular weight excluding hydrogens is 356 g/mol. The molecule has 8 nitrogen and oxygen atoms in total. The molecule has 1 aliphatic heterocycles. The van der Waals surface area contributed by atoms with Crippen molar-refractivity contribution in [2.75, 3.05) is 33.3 Å². The van der Waals surface area contributed by atoms with Crippen LogP contribution in [-0.2, 0) is 11.3 Å². The first kappa shape index (κ1) is 19.7. The van der Waals surface area contributed by atoms with E-state index in [1.165, 1.54) is 0 Å². The van der Waals surface area contributed by atoms with E-state index >= 15 is 0 Å². The first-order valence-corrected chi connectivity index (χ1v) is 9.68. The molecule has 1 aromatic carbocycles. The quantitative estimate of drug-likeness (QED) is 0.559. The van der Waals surface area contributed by atoms with Crippen LogP contribution in [0.3, 0.4) is 0 Å². The van der Waals surface area contributed by atoms with Crippen molar-refractivity contribution in [2.24, 2.45) is 4.99 Å². The fraction of sp³-hybridized carbons (Fsp3) is 0.450. The molecule has 0 atom stereocenters. The van der Waals surface area contributed by atoms with Gasteiger partial charge < -0.3 is 20.3 Å². The molecule has 0 bridgehead atoms. The predicted molar refractivity (Wildman–Crippen MR) is 109 cm³/mol. The molecule has 2 heterocycles. The topological polar surface area (TPSA) is 83.8 Å². The molecule has 2 N–H and O–H groups in total. The second-order valence-corrected chi connectivity index (χ2v) is 6.59. The highest BCUT2D eigenvalue weighted by molar-refractivity contribution is 5.86. The van der Waals surface area contributed by atoms with Crippen molar-refractivity contribution in [3.63, 3.8) is 0 Å². The van der Waals surface area contributed by atoms with Gasteiger partial charge in [0.2, 0.25) is 5.91 Å². The Labute approximate surface area is 165 Å². The van der Waals surface area contributed by atoms with Gasteiger partial charge in [0.25, 0.3) is 0 Å². The first-order chi connectivity index (χ1) is 13.7. The number of aromatic nitrogens is 2. The van der Waals surface area contributed by atoms with Crippen LogP contribution in [0.4, 0.5) is 0 Å². The van der Waals surface area contributed by atoms with Crippen molar-refractivity contribution in [3.8, 4) is 11.4 Å². The number of nitrogens with one attached hydrogen (secondary N) is 2. The number of hydrogen-bond donors (Lipinski definition) is 2. The third-order valence-electron chi connectivity index (χ3n) is 4.59. The maximum atomic E-state index is 12.2. The van der Waals surface area contributed by atoms with E-state index in [9.17, 15) is 4.79 Å². The summed E-state index contributed by atoms with van der Waals surface area (Å²) in [6, 6.07) is 9.65. The highest BCUT2D eigenvalue weighted by atomic mass is 16.5. The van der Waals surface area contributed by atoms with E-state index in [1.54, 1.807) is 7.11 Å². The minimum absolute atomic E-state index is 0.117. The summed E-state index contributed by atoms with van der Waals surface area (Å²) in [5, 5.41) is 10.9. The third-order valence-corrected chi connectivity index (χ3v) is 4.59. The minimum Gasteiger partial charge on any atom is -0.497 e. The molecular formula is C20H28N6O2. The lowest BCUT2D eigenvalue weighted by Gasteiger charge is -2.17. The molecule has 1 aliphatic rings. The Bertz CT molecular complexity index is 793. The van der Waals surface area contributed by atoms with Crippen molar-refractivity contribution >= 4 is 11.9 Å². The first-order valence-electron chi connectivity index (χ1n) is 9.68. The average molecular weight is 384 g/mol. The van der Waals surface area contributed by atoms with Crippen LogP contribution >= 0.6 is 0 Å². The summed E-state index contributed by atoms with van der Waals surface area (Å²) in [5.41, 5.74) is 1.80. The molecule has 1 saturated heterocycles. The zero-order chi connectivity index (χ0) is 19.8. The SMILES string of the molecule is CCNC(=NCc1ccn(-c2ccc(OC)cc2)n1)NCC(=O)N1CCCC1. The third kappa shape index (κ3) is 5.25. The highest BCUT2D eigenvalue weighted by Crippen LogP contribution is 2.14. The van der Waals surface area contributed by atoms with Crippen LogP contribution in [0.5, 0.6) is 5.75 Å².